The predicted molar refractivity (Wildman–Crippen MR) is 46.9 cm³/mol. The van der Waals surface area contributed by atoms with Crippen molar-refractivity contribution >= 4 is 12.2 Å². The Kier molecular flexibility index (Phi) is 2.28. The van der Waals surface area contributed by atoms with Crippen LogP contribution in [0.3, 0.4) is 0 Å². The molecule has 0 radical (unpaired) electrons. The first-order chi connectivity index (χ1) is 5.16. The minimum atomic E-state index is 0.645. The van der Waals surface area contributed by atoms with Crippen LogP contribution in [0.15, 0.2) is 0 Å². The van der Waals surface area contributed by atoms with Crippen LogP contribution in [0.1, 0.15) is 12.7 Å². The van der Waals surface area contributed by atoms with Crippen LogP contribution in [0, 0.1) is 4.77 Å². The second kappa shape index (κ2) is 3.04. The molecule has 0 saturated heterocycles. The summed E-state index contributed by atoms with van der Waals surface area (Å²) in [6, 6.07) is 0. The molecule has 0 saturated carbocycles. The molecule has 1 N–H and O–H groups in total. The number of nitrogens with one attached hydrogen (secondary N) is 1. The van der Waals surface area contributed by atoms with Gasteiger partial charge in [-0.05, 0) is 12.2 Å². The van der Waals surface area contributed by atoms with Gasteiger partial charge in [0.05, 0.1) is 0 Å². The second-order valence-corrected chi connectivity index (χ2v) is 2.84. The minimum absolute atomic E-state index is 0.645. The summed E-state index contributed by atoms with van der Waals surface area (Å²) in [6.07, 6.45) is 0.880. The predicted octanol–water partition coefficient (Wildman–Crippen LogP) is 0.701. The number of aromatic nitrogens is 3. The molecule has 0 fully saturated rings. The van der Waals surface area contributed by atoms with Gasteiger partial charge in [-0.1, -0.05) is 6.92 Å². The third kappa shape index (κ3) is 1.42. The maximum absolute atomic E-state index is 5.02. The third-order valence-corrected chi connectivity index (χ3v) is 1.70. The molecular weight excluding hydrogens is 160 g/mol. The molecule has 0 atom stereocenters. The average molecular weight is 172 g/mol. The molecule has 0 aromatic carbocycles. The Morgan fingerprint density at radius 1 is 1.64 bits per heavy atom. The van der Waals surface area contributed by atoms with Gasteiger partial charge in [0.1, 0.15) is 0 Å². The maximum atomic E-state index is 5.02. The molecule has 1 aromatic heterocycles. The lowest BCUT2D eigenvalue weighted by Crippen LogP contribution is -2.26. The molecule has 5 heteroatoms. The van der Waals surface area contributed by atoms with E-state index in [0.29, 0.717) is 4.77 Å². The van der Waals surface area contributed by atoms with E-state index >= 15 is 0 Å². The topological polar surface area (TPSA) is 36.9 Å². The van der Waals surface area contributed by atoms with Crippen molar-refractivity contribution in [1.29, 1.82) is 0 Å². The fourth-order valence-electron chi connectivity index (χ4n) is 0.966. The molecule has 0 aliphatic rings. The molecule has 0 spiro atoms. The number of nitrogens with zero attached hydrogens (tertiary/aromatic N) is 3. The lowest BCUT2D eigenvalue weighted by atomic mass is 10.5. The van der Waals surface area contributed by atoms with Crippen LogP contribution < -0.4 is 5.01 Å². The van der Waals surface area contributed by atoms with E-state index in [1.165, 1.54) is 0 Å². The molecule has 0 bridgehead atoms. The van der Waals surface area contributed by atoms with E-state index in [-0.39, 0.29) is 0 Å². The second-order valence-electron chi connectivity index (χ2n) is 2.46. The van der Waals surface area contributed by atoms with Crippen molar-refractivity contribution < 1.29 is 0 Å². The van der Waals surface area contributed by atoms with E-state index in [2.05, 4.69) is 10.2 Å². The minimum Gasteiger partial charge on any atom is -0.315 e. The molecule has 4 nitrogen and oxygen atoms in total. The first-order valence-electron chi connectivity index (χ1n) is 3.50. The van der Waals surface area contributed by atoms with E-state index < -0.39 is 0 Å². The fraction of sp³-hybridized carbons (Fsp3) is 0.667. The maximum Gasteiger partial charge on any atom is 0.214 e. The van der Waals surface area contributed by atoms with Crippen LogP contribution in [0.2, 0.25) is 0 Å². The summed E-state index contributed by atoms with van der Waals surface area (Å²) in [6.45, 7) is 2.05. The molecule has 0 aliphatic carbocycles. The van der Waals surface area contributed by atoms with Crippen molar-refractivity contribution in [3.8, 4) is 0 Å². The van der Waals surface area contributed by atoms with Crippen molar-refractivity contribution in [3.05, 3.63) is 10.6 Å². The van der Waals surface area contributed by atoms with Crippen LogP contribution in [-0.4, -0.2) is 29.0 Å². The highest BCUT2D eigenvalue weighted by Crippen LogP contribution is 1.96. The average Bonchev–Trinajstić information content (AvgIpc) is 2.30. The summed E-state index contributed by atoms with van der Waals surface area (Å²) < 4.78 is 2.52. The Labute approximate surface area is 70.8 Å². The van der Waals surface area contributed by atoms with Crippen molar-refractivity contribution in [1.82, 2.24) is 14.9 Å². The lowest BCUT2D eigenvalue weighted by Gasteiger charge is -2.14. The van der Waals surface area contributed by atoms with Gasteiger partial charge >= 0.3 is 0 Å². The van der Waals surface area contributed by atoms with Crippen molar-refractivity contribution in [2.75, 3.05) is 19.1 Å². The van der Waals surface area contributed by atoms with Crippen LogP contribution in [0.5, 0.6) is 0 Å². The Balaban J connectivity index is 3.18. The lowest BCUT2D eigenvalue weighted by molar-refractivity contribution is 0.675. The number of aromatic amines is 1. The zero-order chi connectivity index (χ0) is 8.43. The number of rotatable bonds is 2. The molecule has 1 rings (SSSR count). The van der Waals surface area contributed by atoms with Crippen molar-refractivity contribution in [3.63, 3.8) is 0 Å². The van der Waals surface area contributed by atoms with Gasteiger partial charge in [0.2, 0.25) is 4.77 Å². The number of hydrogen-bond acceptors (Lipinski definition) is 3. The monoisotopic (exact) mass is 172 g/mol. The molecule has 62 valence electrons. The Hall–Kier alpha value is -0.840. The van der Waals surface area contributed by atoms with E-state index in [0.717, 1.165) is 12.2 Å². The summed E-state index contributed by atoms with van der Waals surface area (Å²) in [7, 11) is 3.87. The molecule has 1 aromatic rings. The van der Waals surface area contributed by atoms with Gasteiger partial charge in [-0.2, -0.15) is 5.10 Å². The molecule has 0 amide bonds. The SMILES string of the molecule is CCc1n[nH]c(=S)n1N(C)C. The van der Waals surface area contributed by atoms with E-state index in [4.69, 9.17) is 12.2 Å². The fourth-order valence-corrected chi connectivity index (χ4v) is 1.28. The summed E-state index contributed by atoms with van der Waals surface area (Å²) in [5, 5.41) is 8.71. The highest BCUT2D eigenvalue weighted by Gasteiger charge is 2.03. The Morgan fingerprint density at radius 3 is 2.64 bits per heavy atom. The number of H-pyrrole nitrogens is 1. The highest BCUT2D eigenvalue weighted by atomic mass is 32.1. The van der Waals surface area contributed by atoms with Crippen LogP contribution in [-0.2, 0) is 6.42 Å². The zero-order valence-electron chi connectivity index (χ0n) is 6.96. The highest BCUT2D eigenvalue weighted by molar-refractivity contribution is 7.71. The summed E-state index contributed by atoms with van der Waals surface area (Å²) in [5.74, 6) is 0.958. The molecule has 1 heterocycles. The van der Waals surface area contributed by atoms with Gasteiger partial charge in [0.15, 0.2) is 5.82 Å². The first kappa shape index (κ1) is 8.26. The smallest absolute Gasteiger partial charge is 0.214 e. The van der Waals surface area contributed by atoms with E-state index in [1.54, 1.807) is 0 Å². The van der Waals surface area contributed by atoms with Crippen LogP contribution in [0.4, 0.5) is 0 Å². The Bertz CT molecular complexity index is 285. The van der Waals surface area contributed by atoms with Crippen LogP contribution >= 0.6 is 12.2 Å². The van der Waals surface area contributed by atoms with Gasteiger partial charge < -0.3 is 5.01 Å². The molecular formula is C6H12N4S. The normalized spacial score (nSPS) is 10.1. The number of hydrogen-bond donors (Lipinski definition) is 1. The Morgan fingerprint density at radius 2 is 2.27 bits per heavy atom. The standard InChI is InChI=1S/C6H12N4S/c1-4-5-7-8-6(11)10(5)9(2)3/h4H2,1-3H3,(H,8,11). The molecule has 11 heavy (non-hydrogen) atoms. The number of aryl methyl sites for hydroxylation is 1. The van der Waals surface area contributed by atoms with E-state index in [9.17, 15) is 0 Å². The summed E-state index contributed by atoms with van der Waals surface area (Å²) in [4.78, 5) is 0. The zero-order valence-corrected chi connectivity index (χ0v) is 7.77. The van der Waals surface area contributed by atoms with Crippen LogP contribution in [0.25, 0.3) is 0 Å². The third-order valence-electron chi connectivity index (χ3n) is 1.43. The molecule has 0 unspecified atom stereocenters. The largest absolute Gasteiger partial charge is 0.315 e. The molecule has 0 aliphatic heterocycles. The van der Waals surface area contributed by atoms with Crippen molar-refractivity contribution in [2.24, 2.45) is 0 Å². The quantitative estimate of drug-likeness (QED) is 0.667. The van der Waals surface area contributed by atoms with Gasteiger partial charge in [0, 0.05) is 20.5 Å². The van der Waals surface area contributed by atoms with E-state index in [1.807, 2.05) is 30.7 Å². The van der Waals surface area contributed by atoms with Crippen molar-refractivity contribution in [2.45, 2.75) is 13.3 Å². The first-order valence-corrected chi connectivity index (χ1v) is 3.91. The summed E-state index contributed by atoms with van der Waals surface area (Å²) in [5.41, 5.74) is 0. The van der Waals surface area contributed by atoms with Gasteiger partial charge in [0.25, 0.3) is 0 Å². The summed E-state index contributed by atoms with van der Waals surface area (Å²) >= 11 is 5.02. The van der Waals surface area contributed by atoms with Gasteiger partial charge in [-0.25, -0.2) is 4.68 Å². The van der Waals surface area contributed by atoms with Gasteiger partial charge in [-0.15, -0.1) is 0 Å². The van der Waals surface area contributed by atoms with Gasteiger partial charge in [-0.3, -0.25) is 5.10 Å².